The fourth-order valence-corrected chi connectivity index (χ4v) is 1.28. The number of benzene rings is 1. The summed E-state index contributed by atoms with van der Waals surface area (Å²) in [5.74, 6) is 3.75. The Balaban J connectivity index is 2.81. The first-order chi connectivity index (χ1) is 7.69. The van der Waals surface area contributed by atoms with Crippen molar-refractivity contribution >= 4 is 0 Å². The van der Waals surface area contributed by atoms with Gasteiger partial charge in [0.25, 0.3) is 0 Å². The van der Waals surface area contributed by atoms with E-state index in [1.165, 1.54) is 0 Å². The minimum atomic E-state index is -0.520. The van der Waals surface area contributed by atoms with Gasteiger partial charge in [-0.25, -0.2) is 0 Å². The van der Waals surface area contributed by atoms with E-state index in [4.69, 9.17) is 15.9 Å². The molecule has 1 aromatic carbocycles. The molecule has 0 saturated carbocycles. The van der Waals surface area contributed by atoms with Crippen molar-refractivity contribution in [1.82, 2.24) is 0 Å². The monoisotopic (exact) mass is 220 g/mol. The molecule has 0 bridgehead atoms. The minimum Gasteiger partial charge on any atom is -0.493 e. The van der Waals surface area contributed by atoms with Crippen LogP contribution in [0.5, 0.6) is 11.5 Å². The van der Waals surface area contributed by atoms with Crippen LogP contribution in [0.25, 0.3) is 0 Å². The molecule has 16 heavy (non-hydrogen) atoms. The van der Waals surface area contributed by atoms with Gasteiger partial charge in [-0.1, -0.05) is 6.07 Å². The maximum Gasteiger partial charge on any atom is 0.161 e. The number of ether oxygens (including phenoxy) is 2. The van der Waals surface area contributed by atoms with Crippen LogP contribution in [0.4, 0.5) is 0 Å². The van der Waals surface area contributed by atoms with Gasteiger partial charge in [0.1, 0.15) is 0 Å². The number of hydrogen-bond acceptors (Lipinski definition) is 3. The van der Waals surface area contributed by atoms with Gasteiger partial charge in [-0.3, -0.25) is 0 Å². The zero-order valence-corrected chi connectivity index (χ0v) is 9.56. The number of hydrogen-bond donors (Lipinski definition) is 1. The van der Waals surface area contributed by atoms with Crippen molar-refractivity contribution in [3.05, 3.63) is 23.8 Å². The average Bonchev–Trinajstić information content (AvgIpc) is 2.29. The first-order valence-electron chi connectivity index (χ1n) is 5.11. The van der Waals surface area contributed by atoms with Crippen molar-refractivity contribution in [3.8, 4) is 23.8 Å². The van der Waals surface area contributed by atoms with Crippen LogP contribution in [0, 0.1) is 12.3 Å². The summed E-state index contributed by atoms with van der Waals surface area (Å²) in [6.07, 6.45) is 5.17. The number of aliphatic hydroxyl groups is 1. The second-order valence-corrected chi connectivity index (χ2v) is 3.39. The molecule has 0 spiro atoms. The minimum absolute atomic E-state index is 0.459. The predicted molar refractivity (Wildman–Crippen MR) is 62.6 cm³/mol. The van der Waals surface area contributed by atoms with Crippen LogP contribution < -0.4 is 9.47 Å². The fourth-order valence-electron chi connectivity index (χ4n) is 1.28. The molecular formula is C13H16O3. The van der Waals surface area contributed by atoms with Gasteiger partial charge in [-0.05, 0) is 24.6 Å². The summed E-state index contributed by atoms with van der Waals surface area (Å²) in [7, 11) is 1.56. The molecule has 1 aromatic rings. The van der Waals surface area contributed by atoms with Gasteiger partial charge in [0, 0.05) is 6.42 Å². The van der Waals surface area contributed by atoms with Crippen molar-refractivity contribution < 1.29 is 14.6 Å². The third kappa shape index (κ3) is 3.18. The molecule has 0 amide bonds. The van der Waals surface area contributed by atoms with Crippen LogP contribution in [-0.4, -0.2) is 18.8 Å². The maximum atomic E-state index is 9.43. The van der Waals surface area contributed by atoms with E-state index in [1.54, 1.807) is 32.2 Å². The summed E-state index contributed by atoms with van der Waals surface area (Å²) >= 11 is 0. The molecule has 0 heterocycles. The Morgan fingerprint density at radius 3 is 2.75 bits per heavy atom. The maximum absolute atomic E-state index is 9.43. The van der Waals surface area contributed by atoms with Gasteiger partial charge < -0.3 is 14.6 Å². The number of aliphatic hydroxyl groups excluding tert-OH is 1. The second-order valence-electron chi connectivity index (χ2n) is 3.39. The molecule has 86 valence electrons. The highest BCUT2D eigenvalue weighted by Gasteiger charge is 2.08. The summed E-state index contributed by atoms with van der Waals surface area (Å²) in [6, 6.07) is 5.34. The molecule has 3 nitrogen and oxygen atoms in total. The van der Waals surface area contributed by atoms with Crippen LogP contribution in [0.1, 0.15) is 25.0 Å². The molecule has 1 rings (SSSR count). The van der Waals surface area contributed by atoms with Gasteiger partial charge in [0.05, 0.1) is 19.8 Å². The van der Waals surface area contributed by atoms with Gasteiger partial charge in [0.15, 0.2) is 11.5 Å². The third-order valence-corrected chi connectivity index (χ3v) is 2.17. The summed E-state index contributed by atoms with van der Waals surface area (Å²) in [4.78, 5) is 0. The van der Waals surface area contributed by atoms with Gasteiger partial charge in [0.2, 0.25) is 0 Å². The van der Waals surface area contributed by atoms with E-state index >= 15 is 0 Å². The van der Waals surface area contributed by atoms with Gasteiger partial charge in [-0.2, -0.15) is 0 Å². The summed E-state index contributed by atoms with van der Waals surface area (Å²) < 4.78 is 10.6. The molecule has 1 N–H and O–H groups in total. The van der Waals surface area contributed by atoms with Crippen molar-refractivity contribution in [2.24, 2.45) is 0 Å². The molecule has 0 aromatic heterocycles. The summed E-state index contributed by atoms with van der Waals surface area (Å²) in [5, 5.41) is 9.43. The number of methoxy groups -OCH3 is 1. The molecule has 0 fully saturated rings. The zero-order valence-electron chi connectivity index (χ0n) is 9.56. The van der Waals surface area contributed by atoms with Crippen LogP contribution in [0.2, 0.25) is 0 Å². The van der Waals surface area contributed by atoms with E-state index < -0.39 is 6.10 Å². The Morgan fingerprint density at radius 2 is 2.19 bits per heavy atom. The van der Waals surface area contributed by atoms with E-state index in [9.17, 15) is 5.11 Å². The van der Waals surface area contributed by atoms with Crippen LogP contribution in [0.15, 0.2) is 18.2 Å². The second kappa shape index (κ2) is 6.04. The molecular weight excluding hydrogens is 204 g/mol. The number of rotatable bonds is 5. The Kier molecular flexibility index (Phi) is 4.68. The molecule has 0 radical (unpaired) electrons. The number of terminal acetylenes is 1. The smallest absolute Gasteiger partial charge is 0.161 e. The highest BCUT2D eigenvalue weighted by atomic mass is 16.5. The van der Waals surface area contributed by atoms with Crippen LogP contribution in [0.3, 0.4) is 0 Å². The largest absolute Gasteiger partial charge is 0.493 e. The molecule has 0 aliphatic rings. The predicted octanol–water partition coefficient (Wildman–Crippen LogP) is 2.15. The Hall–Kier alpha value is -1.66. The van der Waals surface area contributed by atoms with Gasteiger partial charge in [-0.15, -0.1) is 12.3 Å². The Labute approximate surface area is 96.0 Å². The summed E-state index contributed by atoms with van der Waals surface area (Å²) in [6.45, 7) is 2.16. The van der Waals surface area contributed by atoms with Crippen LogP contribution >= 0.6 is 0 Å². The molecule has 1 atom stereocenters. The van der Waals surface area contributed by atoms with Gasteiger partial charge >= 0.3 is 0 Å². The normalized spacial score (nSPS) is 11.6. The third-order valence-electron chi connectivity index (χ3n) is 2.17. The lowest BCUT2D eigenvalue weighted by Gasteiger charge is -2.12. The Morgan fingerprint density at radius 1 is 1.44 bits per heavy atom. The van der Waals surface area contributed by atoms with Crippen molar-refractivity contribution in [2.45, 2.75) is 19.4 Å². The first-order valence-corrected chi connectivity index (χ1v) is 5.11. The van der Waals surface area contributed by atoms with E-state index in [1.807, 2.05) is 0 Å². The van der Waals surface area contributed by atoms with Crippen molar-refractivity contribution in [3.63, 3.8) is 0 Å². The fraction of sp³-hybridized carbons (Fsp3) is 0.385. The average molecular weight is 220 g/mol. The van der Waals surface area contributed by atoms with Crippen LogP contribution in [-0.2, 0) is 0 Å². The van der Waals surface area contributed by atoms with E-state index in [0.717, 1.165) is 5.56 Å². The Bertz CT molecular complexity index is 377. The highest BCUT2D eigenvalue weighted by molar-refractivity contribution is 5.43. The lowest BCUT2D eigenvalue weighted by Crippen LogP contribution is -2.00. The van der Waals surface area contributed by atoms with E-state index in [-0.39, 0.29) is 0 Å². The molecule has 0 aliphatic heterocycles. The highest BCUT2D eigenvalue weighted by Crippen LogP contribution is 2.30. The zero-order chi connectivity index (χ0) is 12.0. The molecule has 3 heteroatoms. The molecule has 0 unspecified atom stereocenters. The quantitative estimate of drug-likeness (QED) is 0.610. The first kappa shape index (κ1) is 12.4. The molecule has 0 aliphatic carbocycles. The lowest BCUT2D eigenvalue weighted by atomic mass is 10.1. The standard InChI is InChI=1S/C13H16O3/c1-4-5-8-16-12-7-6-11(10(2)14)9-13(12)15-3/h1,6-7,9-10,14H,5,8H2,2-3H3/t10-/m0/s1. The van der Waals surface area contributed by atoms with Crippen molar-refractivity contribution in [1.29, 1.82) is 0 Å². The topological polar surface area (TPSA) is 38.7 Å². The van der Waals surface area contributed by atoms with E-state index in [2.05, 4.69) is 5.92 Å². The molecule has 0 saturated heterocycles. The SMILES string of the molecule is C#CCCOc1ccc([C@H](C)O)cc1OC. The van der Waals surface area contributed by atoms with E-state index in [0.29, 0.717) is 24.5 Å². The summed E-state index contributed by atoms with van der Waals surface area (Å²) in [5.41, 5.74) is 0.793. The lowest BCUT2D eigenvalue weighted by molar-refractivity contribution is 0.198. The van der Waals surface area contributed by atoms with Crippen molar-refractivity contribution in [2.75, 3.05) is 13.7 Å².